The van der Waals surface area contributed by atoms with Crippen LogP contribution in [0.1, 0.15) is 18.9 Å². The number of methoxy groups -OCH3 is 1. The summed E-state index contributed by atoms with van der Waals surface area (Å²) in [4.78, 5) is 23.6. The van der Waals surface area contributed by atoms with Crippen LogP contribution in [-0.2, 0) is 9.59 Å². The second kappa shape index (κ2) is 9.34. The van der Waals surface area contributed by atoms with Gasteiger partial charge in [0.25, 0.3) is 0 Å². The van der Waals surface area contributed by atoms with E-state index < -0.39 is 0 Å². The van der Waals surface area contributed by atoms with E-state index in [2.05, 4.69) is 10.6 Å². The Morgan fingerprint density at radius 3 is 2.69 bits per heavy atom. The third kappa shape index (κ3) is 5.42. The van der Waals surface area contributed by atoms with Crippen LogP contribution in [0.15, 0.2) is 36.4 Å². The van der Waals surface area contributed by atoms with Crippen LogP contribution in [0.25, 0.3) is 6.08 Å². The maximum atomic E-state index is 12.4. The highest BCUT2D eigenvalue weighted by Crippen LogP contribution is 2.38. The Balaban J connectivity index is 1.75. The number of anilines is 2. The molecule has 7 nitrogen and oxygen atoms in total. The number of hydrogen-bond acceptors (Lipinski definition) is 5. The first-order chi connectivity index (χ1) is 14.0. The van der Waals surface area contributed by atoms with Crippen molar-refractivity contribution in [1.82, 2.24) is 0 Å². The molecule has 0 saturated heterocycles. The Hall–Kier alpha value is -3.19. The van der Waals surface area contributed by atoms with Crippen LogP contribution in [0, 0.1) is 0 Å². The van der Waals surface area contributed by atoms with Crippen molar-refractivity contribution in [2.24, 2.45) is 0 Å². The Bertz CT molecular complexity index is 958. The van der Waals surface area contributed by atoms with Crippen molar-refractivity contribution in [1.29, 1.82) is 0 Å². The van der Waals surface area contributed by atoms with Gasteiger partial charge in [0, 0.05) is 25.1 Å². The van der Waals surface area contributed by atoms with Gasteiger partial charge in [-0.25, -0.2) is 0 Å². The third-order valence-electron chi connectivity index (χ3n) is 4.03. The number of rotatable bonds is 5. The van der Waals surface area contributed by atoms with Crippen LogP contribution in [0.4, 0.5) is 11.4 Å². The molecule has 1 aliphatic rings. The summed E-state index contributed by atoms with van der Waals surface area (Å²) < 4.78 is 16.5. The lowest BCUT2D eigenvalue weighted by molar-refractivity contribution is -0.114. The summed E-state index contributed by atoms with van der Waals surface area (Å²) in [5.74, 6) is 0.967. The van der Waals surface area contributed by atoms with Gasteiger partial charge in [0.15, 0.2) is 11.5 Å². The zero-order valence-electron chi connectivity index (χ0n) is 16.1. The van der Waals surface area contributed by atoms with Crippen molar-refractivity contribution in [2.75, 3.05) is 31.0 Å². The van der Waals surface area contributed by atoms with E-state index >= 15 is 0 Å². The first-order valence-electron chi connectivity index (χ1n) is 9.00. The lowest BCUT2D eigenvalue weighted by Gasteiger charge is -2.11. The molecule has 2 amide bonds. The van der Waals surface area contributed by atoms with E-state index in [1.165, 1.54) is 20.1 Å². The highest BCUT2D eigenvalue weighted by atomic mass is 35.5. The van der Waals surface area contributed by atoms with E-state index in [9.17, 15) is 9.59 Å². The minimum absolute atomic E-state index is 0.210. The normalized spacial score (nSPS) is 12.9. The van der Waals surface area contributed by atoms with Gasteiger partial charge in [-0.2, -0.15) is 0 Å². The molecule has 8 heteroatoms. The molecule has 0 fully saturated rings. The minimum atomic E-state index is -0.369. The summed E-state index contributed by atoms with van der Waals surface area (Å²) in [6, 6.07) is 8.45. The molecular weight excluding hydrogens is 396 g/mol. The van der Waals surface area contributed by atoms with Gasteiger partial charge in [-0.15, -0.1) is 0 Å². The lowest BCUT2D eigenvalue weighted by Crippen LogP contribution is -2.10. The number of benzene rings is 2. The largest absolute Gasteiger partial charge is 0.495 e. The molecule has 0 spiro atoms. The van der Waals surface area contributed by atoms with Crippen LogP contribution in [0.5, 0.6) is 17.2 Å². The summed E-state index contributed by atoms with van der Waals surface area (Å²) in [5, 5.41) is 5.83. The summed E-state index contributed by atoms with van der Waals surface area (Å²) in [5.41, 5.74) is 1.69. The van der Waals surface area contributed by atoms with Crippen molar-refractivity contribution < 1.29 is 23.8 Å². The molecule has 0 bridgehead atoms. The molecule has 0 radical (unpaired) electrons. The van der Waals surface area contributed by atoms with E-state index in [4.69, 9.17) is 25.8 Å². The molecule has 0 aromatic heterocycles. The predicted molar refractivity (Wildman–Crippen MR) is 112 cm³/mol. The number of fused-ring (bicyclic) bond motifs is 1. The first kappa shape index (κ1) is 20.5. The molecule has 0 atom stereocenters. The average molecular weight is 417 g/mol. The van der Waals surface area contributed by atoms with Gasteiger partial charge in [0.2, 0.25) is 11.8 Å². The second-order valence-electron chi connectivity index (χ2n) is 6.30. The van der Waals surface area contributed by atoms with Crippen LogP contribution in [0.3, 0.4) is 0 Å². The standard InChI is InChI=1S/C21H21ClN2O5/c1-13(25)23-15-5-6-18(27-2)17(12-15)24-20(26)7-4-14-10-16(22)21-19(11-14)28-8-3-9-29-21/h4-7,10-12H,3,8-9H2,1-2H3,(H,23,25)(H,24,26)/b7-4+. The first-order valence-corrected chi connectivity index (χ1v) is 9.38. The van der Waals surface area contributed by atoms with Crippen LogP contribution >= 0.6 is 11.6 Å². The Kier molecular flexibility index (Phi) is 6.61. The lowest BCUT2D eigenvalue weighted by atomic mass is 10.2. The molecule has 2 N–H and O–H groups in total. The SMILES string of the molecule is COc1ccc(NC(C)=O)cc1NC(=O)/C=C/c1cc(Cl)c2c(c1)OCCCO2. The number of ether oxygens (including phenoxy) is 3. The molecule has 2 aromatic carbocycles. The quantitative estimate of drug-likeness (QED) is 0.716. The summed E-state index contributed by atoms with van der Waals surface area (Å²) >= 11 is 6.27. The Morgan fingerprint density at radius 2 is 1.93 bits per heavy atom. The molecule has 1 aliphatic heterocycles. The van der Waals surface area contributed by atoms with E-state index in [0.29, 0.717) is 52.4 Å². The maximum Gasteiger partial charge on any atom is 0.248 e. The van der Waals surface area contributed by atoms with E-state index in [1.54, 1.807) is 36.4 Å². The van der Waals surface area contributed by atoms with E-state index in [0.717, 1.165) is 6.42 Å². The molecule has 152 valence electrons. The van der Waals surface area contributed by atoms with Gasteiger partial charge in [0.1, 0.15) is 5.75 Å². The Morgan fingerprint density at radius 1 is 1.14 bits per heavy atom. The zero-order valence-corrected chi connectivity index (χ0v) is 16.8. The fraction of sp³-hybridized carbons (Fsp3) is 0.238. The molecule has 29 heavy (non-hydrogen) atoms. The van der Waals surface area contributed by atoms with Crippen LogP contribution < -0.4 is 24.8 Å². The topological polar surface area (TPSA) is 85.9 Å². The Labute approximate surface area is 173 Å². The van der Waals surface area contributed by atoms with Crippen molar-refractivity contribution in [3.8, 4) is 17.2 Å². The van der Waals surface area contributed by atoms with Gasteiger partial charge >= 0.3 is 0 Å². The van der Waals surface area contributed by atoms with Gasteiger partial charge in [-0.3, -0.25) is 9.59 Å². The molecule has 0 aliphatic carbocycles. The minimum Gasteiger partial charge on any atom is -0.495 e. The summed E-state index contributed by atoms with van der Waals surface area (Å²) in [7, 11) is 1.50. The van der Waals surface area contributed by atoms with Gasteiger partial charge in [-0.1, -0.05) is 11.6 Å². The van der Waals surface area contributed by atoms with E-state index in [1.807, 2.05) is 0 Å². The summed E-state index contributed by atoms with van der Waals surface area (Å²) in [6.45, 7) is 2.50. The van der Waals surface area contributed by atoms with Crippen LogP contribution in [-0.4, -0.2) is 32.1 Å². The number of amides is 2. The van der Waals surface area contributed by atoms with Crippen LogP contribution in [0.2, 0.25) is 5.02 Å². The molecule has 1 heterocycles. The van der Waals surface area contributed by atoms with Crippen molar-refractivity contribution in [3.05, 3.63) is 47.0 Å². The number of hydrogen-bond donors (Lipinski definition) is 2. The fourth-order valence-electron chi connectivity index (χ4n) is 2.78. The third-order valence-corrected chi connectivity index (χ3v) is 4.31. The smallest absolute Gasteiger partial charge is 0.248 e. The molecule has 0 saturated carbocycles. The molecule has 0 unspecified atom stereocenters. The monoisotopic (exact) mass is 416 g/mol. The van der Waals surface area contributed by atoms with Gasteiger partial charge < -0.3 is 24.8 Å². The number of halogens is 1. The van der Waals surface area contributed by atoms with E-state index in [-0.39, 0.29) is 11.8 Å². The van der Waals surface area contributed by atoms with Crippen molar-refractivity contribution >= 4 is 40.9 Å². The fourth-order valence-corrected chi connectivity index (χ4v) is 3.05. The highest BCUT2D eigenvalue weighted by molar-refractivity contribution is 6.32. The molecule has 2 aromatic rings. The highest BCUT2D eigenvalue weighted by Gasteiger charge is 2.15. The number of carbonyl (C=O) groups excluding carboxylic acids is 2. The van der Waals surface area contributed by atoms with Gasteiger partial charge in [0.05, 0.1) is 31.0 Å². The molecule has 3 rings (SSSR count). The zero-order chi connectivity index (χ0) is 20.8. The second-order valence-corrected chi connectivity index (χ2v) is 6.71. The van der Waals surface area contributed by atoms with Crippen molar-refractivity contribution in [3.63, 3.8) is 0 Å². The molecular formula is C21H21ClN2O5. The predicted octanol–water partition coefficient (Wildman–Crippen LogP) is 4.12. The summed E-state index contributed by atoms with van der Waals surface area (Å²) in [6.07, 6.45) is 3.78. The number of carbonyl (C=O) groups is 2. The maximum absolute atomic E-state index is 12.4. The van der Waals surface area contributed by atoms with Crippen molar-refractivity contribution in [2.45, 2.75) is 13.3 Å². The van der Waals surface area contributed by atoms with Gasteiger partial charge in [-0.05, 0) is 42.0 Å². The number of nitrogens with one attached hydrogen (secondary N) is 2. The average Bonchev–Trinajstić information content (AvgIpc) is 2.92.